The highest BCUT2D eigenvalue weighted by atomic mass is 35.5. The molecule has 0 bridgehead atoms. The topological polar surface area (TPSA) is 29.5 Å². The number of carbonyl (C=O) groups excluding carboxylic acids is 1. The number of benzene rings is 2. The second-order valence-electron chi connectivity index (χ2n) is 6.65. The van der Waals surface area contributed by atoms with Crippen molar-refractivity contribution in [1.29, 1.82) is 0 Å². The Morgan fingerprint density at radius 1 is 1.12 bits per heavy atom. The molecule has 1 heterocycles. The average molecular weight is 358 g/mol. The standard InChI is InChI=1S/C21H24ClNO2/c1-16(25-20-10-6-5-9-19(20)22)21(24)23-13-11-18(12-14-23)15-17-7-3-2-4-8-17/h2-10,16,18H,11-15H2,1H3/t16-/m0/s1. The van der Waals surface area contributed by atoms with Gasteiger partial charge in [0.15, 0.2) is 6.10 Å². The fourth-order valence-corrected chi connectivity index (χ4v) is 3.52. The zero-order valence-electron chi connectivity index (χ0n) is 14.5. The lowest BCUT2D eigenvalue weighted by molar-refractivity contribution is -0.139. The quantitative estimate of drug-likeness (QED) is 0.783. The molecule has 0 aromatic heterocycles. The minimum absolute atomic E-state index is 0.0399. The Labute approximate surface area is 154 Å². The Bertz CT molecular complexity index is 696. The number of piperidine rings is 1. The summed E-state index contributed by atoms with van der Waals surface area (Å²) in [5.41, 5.74) is 1.38. The van der Waals surface area contributed by atoms with Crippen molar-refractivity contribution in [1.82, 2.24) is 4.90 Å². The lowest BCUT2D eigenvalue weighted by Crippen LogP contribution is -2.45. The molecule has 2 aromatic rings. The summed E-state index contributed by atoms with van der Waals surface area (Å²) < 4.78 is 5.76. The highest BCUT2D eigenvalue weighted by molar-refractivity contribution is 6.32. The van der Waals surface area contributed by atoms with Gasteiger partial charge in [-0.1, -0.05) is 54.1 Å². The van der Waals surface area contributed by atoms with Crippen LogP contribution < -0.4 is 4.74 Å². The minimum atomic E-state index is -0.523. The van der Waals surface area contributed by atoms with E-state index in [1.165, 1.54) is 5.56 Å². The van der Waals surface area contributed by atoms with Gasteiger partial charge in [-0.3, -0.25) is 4.79 Å². The number of hydrogen-bond acceptors (Lipinski definition) is 2. The average Bonchev–Trinajstić information content (AvgIpc) is 2.64. The summed E-state index contributed by atoms with van der Waals surface area (Å²) in [6.07, 6.45) is 2.65. The first kappa shape index (κ1) is 17.8. The molecule has 4 heteroatoms. The van der Waals surface area contributed by atoms with E-state index in [1.807, 2.05) is 23.1 Å². The first-order valence-electron chi connectivity index (χ1n) is 8.87. The molecule has 0 saturated carbocycles. The minimum Gasteiger partial charge on any atom is -0.479 e. The number of likely N-dealkylation sites (tertiary alicyclic amines) is 1. The SMILES string of the molecule is C[C@H](Oc1ccccc1Cl)C(=O)N1CCC(Cc2ccccc2)CC1. The van der Waals surface area contributed by atoms with Crippen molar-refractivity contribution in [2.24, 2.45) is 5.92 Å². The molecule has 1 atom stereocenters. The number of hydrogen-bond donors (Lipinski definition) is 0. The van der Waals surface area contributed by atoms with Crippen molar-refractivity contribution in [3.63, 3.8) is 0 Å². The number of halogens is 1. The van der Waals surface area contributed by atoms with E-state index >= 15 is 0 Å². The number of rotatable bonds is 5. The van der Waals surface area contributed by atoms with Crippen LogP contribution in [0.15, 0.2) is 54.6 Å². The van der Waals surface area contributed by atoms with E-state index in [0.717, 1.165) is 32.4 Å². The first-order chi connectivity index (χ1) is 12.1. The Morgan fingerprint density at radius 3 is 2.44 bits per heavy atom. The number of nitrogens with zero attached hydrogens (tertiary/aromatic N) is 1. The molecule has 0 spiro atoms. The van der Waals surface area contributed by atoms with E-state index in [0.29, 0.717) is 16.7 Å². The summed E-state index contributed by atoms with van der Waals surface area (Å²) in [6.45, 7) is 3.39. The third-order valence-electron chi connectivity index (χ3n) is 4.78. The summed E-state index contributed by atoms with van der Waals surface area (Å²) in [5.74, 6) is 1.24. The number of amides is 1. The summed E-state index contributed by atoms with van der Waals surface area (Å²) in [6, 6.07) is 17.8. The van der Waals surface area contributed by atoms with Crippen molar-refractivity contribution < 1.29 is 9.53 Å². The summed E-state index contributed by atoms with van der Waals surface area (Å²) in [7, 11) is 0. The van der Waals surface area contributed by atoms with Gasteiger partial charge in [0.05, 0.1) is 5.02 Å². The van der Waals surface area contributed by atoms with Crippen LogP contribution >= 0.6 is 11.6 Å². The highest BCUT2D eigenvalue weighted by Gasteiger charge is 2.27. The first-order valence-corrected chi connectivity index (χ1v) is 9.25. The van der Waals surface area contributed by atoms with E-state index in [9.17, 15) is 4.79 Å². The van der Waals surface area contributed by atoms with Crippen molar-refractivity contribution in [3.05, 3.63) is 65.2 Å². The van der Waals surface area contributed by atoms with Gasteiger partial charge in [-0.05, 0) is 49.8 Å². The van der Waals surface area contributed by atoms with Gasteiger partial charge in [0.25, 0.3) is 5.91 Å². The van der Waals surface area contributed by atoms with E-state index < -0.39 is 6.10 Å². The molecule has 2 aromatic carbocycles. The van der Waals surface area contributed by atoms with Crippen LogP contribution in [0.5, 0.6) is 5.75 Å². The summed E-state index contributed by atoms with van der Waals surface area (Å²) in [5, 5.41) is 0.531. The van der Waals surface area contributed by atoms with Crippen LogP contribution in [0.4, 0.5) is 0 Å². The fraction of sp³-hybridized carbons (Fsp3) is 0.381. The molecular weight excluding hydrogens is 334 g/mol. The summed E-state index contributed by atoms with van der Waals surface area (Å²) in [4.78, 5) is 14.6. The van der Waals surface area contributed by atoms with Gasteiger partial charge in [0.2, 0.25) is 0 Å². The van der Waals surface area contributed by atoms with Crippen LogP contribution in [0.3, 0.4) is 0 Å². The van der Waals surface area contributed by atoms with Gasteiger partial charge in [0, 0.05) is 13.1 Å². The molecule has 1 aliphatic rings. The molecule has 25 heavy (non-hydrogen) atoms. The van der Waals surface area contributed by atoms with Gasteiger partial charge < -0.3 is 9.64 Å². The van der Waals surface area contributed by atoms with Crippen molar-refractivity contribution >= 4 is 17.5 Å². The van der Waals surface area contributed by atoms with Crippen LogP contribution in [-0.2, 0) is 11.2 Å². The predicted molar refractivity (Wildman–Crippen MR) is 101 cm³/mol. The molecule has 0 unspecified atom stereocenters. The Hall–Kier alpha value is -2.00. The van der Waals surface area contributed by atoms with E-state index in [1.54, 1.807) is 19.1 Å². The molecule has 3 rings (SSSR count). The predicted octanol–water partition coefficient (Wildman–Crippen LogP) is 4.59. The molecule has 1 amide bonds. The largest absolute Gasteiger partial charge is 0.479 e. The van der Waals surface area contributed by atoms with Crippen molar-refractivity contribution in [3.8, 4) is 5.75 Å². The zero-order valence-corrected chi connectivity index (χ0v) is 15.3. The maximum Gasteiger partial charge on any atom is 0.263 e. The van der Waals surface area contributed by atoms with Crippen LogP contribution in [0.2, 0.25) is 5.02 Å². The zero-order chi connectivity index (χ0) is 17.6. The molecule has 1 saturated heterocycles. The van der Waals surface area contributed by atoms with Crippen molar-refractivity contribution in [2.75, 3.05) is 13.1 Å². The molecule has 0 N–H and O–H groups in total. The maximum atomic E-state index is 12.6. The molecular formula is C21H24ClNO2. The molecule has 0 radical (unpaired) electrons. The number of ether oxygens (including phenoxy) is 1. The molecule has 1 fully saturated rings. The van der Waals surface area contributed by atoms with Crippen LogP contribution in [-0.4, -0.2) is 30.0 Å². The van der Waals surface area contributed by atoms with Gasteiger partial charge >= 0.3 is 0 Å². The van der Waals surface area contributed by atoms with Gasteiger partial charge in [0.1, 0.15) is 5.75 Å². The Morgan fingerprint density at radius 2 is 1.76 bits per heavy atom. The smallest absolute Gasteiger partial charge is 0.263 e. The lowest BCUT2D eigenvalue weighted by atomic mass is 9.90. The maximum absolute atomic E-state index is 12.6. The van der Waals surface area contributed by atoms with Crippen molar-refractivity contribution in [2.45, 2.75) is 32.3 Å². The Balaban J connectivity index is 1.50. The third-order valence-corrected chi connectivity index (χ3v) is 5.09. The van der Waals surface area contributed by atoms with Crippen LogP contribution in [0.1, 0.15) is 25.3 Å². The number of para-hydroxylation sites is 1. The molecule has 1 aliphatic heterocycles. The second-order valence-corrected chi connectivity index (χ2v) is 7.06. The lowest BCUT2D eigenvalue weighted by Gasteiger charge is -2.33. The molecule has 0 aliphatic carbocycles. The van der Waals surface area contributed by atoms with Gasteiger partial charge in [-0.2, -0.15) is 0 Å². The Kier molecular flexibility index (Phi) is 5.98. The monoisotopic (exact) mass is 357 g/mol. The fourth-order valence-electron chi connectivity index (χ4n) is 3.34. The normalized spacial score (nSPS) is 16.5. The van der Waals surface area contributed by atoms with E-state index in [2.05, 4.69) is 24.3 Å². The van der Waals surface area contributed by atoms with Crippen LogP contribution in [0, 0.1) is 5.92 Å². The molecule has 132 valence electrons. The number of carbonyl (C=O) groups is 1. The third kappa shape index (κ3) is 4.76. The molecule has 3 nitrogen and oxygen atoms in total. The van der Waals surface area contributed by atoms with E-state index in [-0.39, 0.29) is 5.91 Å². The van der Waals surface area contributed by atoms with Crippen LogP contribution in [0.25, 0.3) is 0 Å². The van der Waals surface area contributed by atoms with Gasteiger partial charge in [-0.25, -0.2) is 0 Å². The second kappa shape index (κ2) is 8.39. The highest BCUT2D eigenvalue weighted by Crippen LogP contribution is 2.26. The van der Waals surface area contributed by atoms with Gasteiger partial charge in [-0.15, -0.1) is 0 Å². The summed E-state index contributed by atoms with van der Waals surface area (Å²) >= 11 is 6.11. The van der Waals surface area contributed by atoms with E-state index in [4.69, 9.17) is 16.3 Å².